The molecule has 3 aromatic rings. The highest BCUT2D eigenvalue weighted by Gasteiger charge is 2.04. The van der Waals surface area contributed by atoms with Gasteiger partial charge >= 0.3 is 0 Å². The molecule has 1 aromatic carbocycles. The highest BCUT2D eigenvalue weighted by Crippen LogP contribution is 2.16. The zero-order valence-electron chi connectivity index (χ0n) is 10.8. The zero-order valence-corrected chi connectivity index (χ0v) is 11.6. The van der Waals surface area contributed by atoms with Gasteiger partial charge in [0.2, 0.25) is 0 Å². The SMILES string of the molecule is Cc1ccc2c(c1)[nH]c(=S)n2CCc1ccncc1. The van der Waals surface area contributed by atoms with Crippen LogP contribution in [0.5, 0.6) is 0 Å². The Morgan fingerprint density at radius 1 is 1.21 bits per heavy atom. The molecule has 2 heterocycles. The third-order valence-electron chi connectivity index (χ3n) is 3.30. The van der Waals surface area contributed by atoms with Crippen LogP contribution in [0.15, 0.2) is 42.7 Å². The van der Waals surface area contributed by atoms with E-state index in [1.54, 1.807) is 0 Å². The Balaban J connectivity index is 1.93. The van der Waals surface area contributed by atoms with Crippen molar-refractivity contribution < 1.29 is 0 Å². The molecule has 4 heteroatoms. The summed E-state index contributed by atoms with van der Waals surface area (Å²) < 4.78 is 2.94. The van der Waals surface area contributed by atoms with E-state index < -0.39 is 0 Å². The topological polar surface area (TPSA) is 33.6 Å². The van der Waals surface area contributed by atoms with E-state index in [9.17, 15) is 0 Å². The maximum absolute atomic E-state index is 5.41. The molecular weight excluding hydrogens is 254 g/mol. The number of aryl methyl sites for hydroxylation is 3. The van der Waals surface area contributed by atoms with Crippen LogP contribution in [0.4, 0.5) is 0 Å². The second kappa shape index (κ2) is 4.97. The fraction of sp³-hybridized carbons (Fsp3) is 0.200. The van der Waals surface area contributed by atoms with Gasteiger partial charge < -0.3 is 9.55 Å². The van der Waals surface area contributed by atoms with Crippen molar-refractivity contribution in [1.82, 2.24) is 14.5 Å². The van der Waals surface area contributed by atoms with Crippen molar-refractivity contribution in [2.24, 2.45) is 0 Å². The summed E-state index contributed by atoms with van der Waals surface area (Å²) in [5, 5.41) is 0. The number of pyridine rings is 1. The van der Waals surface area contributed by atoms with Gasteiger partial charge in [-0.2, -0.15) is 0 Å². The largest absolute Gasteiger partial charge is 0.331 e. The number of imidazole rings is 1. The molecule has 3 nitrogen and oxygen atoms in total. The van der Waals surface area contributed by atoms with Crippen molar-refractivity contribution in [3.8, 4) is 0 Å². The van der Waals surface area contributed by atoms with E-state index in [0.717, 1.165) is 23.3 Å². The van der Waals surface area contributed by atoms with Crippen molar-refractivity contribution in [3.05, 3.63) is 58.6 Å². The lowest BCUT2D eigenvalue weighted by Crippen LogP contribution is -2.01. The molecule has 0 saturated carbocycles. The van der Waals surface area contributed by atoms with E-state index in [2.05, 4.69) is 39.7 Å². The number of hydrogen-bond acceptors (Lipinski definition) is 2. The second-order valence-corrected chi connectivity index (χ2v) is 5.09. The summed E-state index contributed by atoms with van der Waals surface area (Å²) >= 11 is 5.41. The maximum atomic E-state index is 5.41. The normalized spacial score (nSPS) is 11.0. The summed E-state index contributed by atoms with van der Waals surface area (Å²) in [5.41, 5.74) is 4.80. The highest BCUT2D eigenvalue weighted by molar-refractivity contribution is 7.71. The van der Waals surface area contributed by atoms with Crippen LogP contribution >= 0.6 is 12.2 Å². The molecule has 0 radical (unpaired) electrons. The number of H-pyrrole nitrogens is 1. The first-order chi connectivity index (χ1) is 9.24. The lowest BCUT2D eigenvalue weighted by molar-refractivity contribution is 0.706. The van der Waals surface area contributed by atoms with Gasteiger partial charge in [0, 0.05) is 18.9 Å². The minimum Gasteiger partial charge on any atom is -0.331 e. The number of rotatable bonds is 3. The molecule has 3 rings (SSSR count). The fourth-order valence-corrected chi connectivity index (χ4v) is 2.59. The fourth-order valence-electron chi connectivity index (χ4n) is 2.29. The summed E-state index contributed by atoms with van der Waals surface area (Å²) in [6.45, 7) is 2.97. The Morgan fingerprint density at radius 3 is 2.79 bits per heavy atom. The summed E-state index contributed by atoms with van der Waals surface area (Å²) in [5.74, 6) is 0. The van der Waals surface area contributed by atoms with Crippen LogP contribution in [-0.4, -0.2) is 14.5 Å². The quantitative estimate of drug-likeness (QED) is 0.736. The standard InChI is InChI=1S/C15H15N3S/c1-11-2-3-14-13(10-11)17-15(19)18(14)9-6-12-4-7-16-8-5-12/h2-5,7-8,10H,6,9H2,1H3,(H,17,19). The summed E-state index contributed by atoms with van der Waals surface area (Å²) in [7, 11) is 0. The zero-order chi connectivity index (χ0) is 13.2. The van der Waals surface area contributed by atoms with Gasteiger partial charge in [-0.05, 0) is 61.0 Å². The predicted molar refractivity (Wildman–Crippen MR) is 79.8 cm³/mol. The van der Waals surface area contributed by atoms with Gasteiger partial charge in [-0.25, -0.2) is 0 Å². The van der Waals surface area contributed by atoms with Gasteiger partial charge in [0.25, 0.3) is 0 Å². The van der Waals surface area contributed by atoms with Crippen LogP contribution in [0.1, 0.15) is 11.1 Å². The lowest BCUT2D eigenvalue weighted by atomic mass is 10.2. The number of nitrogens with one attached hydrogen (secondary N) is 1. The molecule has 0 aliphatic carbocycles. The molecule has 0 atom stereocenters. The number of benzene rings is 1. The average molecular weight is 269 g/mol. The van der Waals surface area contributed by atoms with Crippen LogP contribution in [0.3, 0.4) is 0 Å². The molecule has 0 aliphatic heterocycles. The van der Waals surface area contributed by atoms with E-state index in [-0.39, 0.29) is 0 Å². The lowest BCUT2D eigenvalue weighted by Gasteiger charge is -2.04. The van der Waals surface area contributed by atoms with Crippen LogP contribution < -0.4 is 0 Å². The van der Waals surface area contributed by atoms with Crippen LogP contribution in [-0.2, 0) is 13.0 Å². The molecule has 1 N–H and O–H groups in total. The van der Waals surface area contributed by atoms with Crippen molar-refractivity contribution in [2.45, 2.75) is 19.9 Å². The Hall–Kier alpha value is -1.94. The van der Waals surface area contributed by atoms with Gasteiger partial charge in [0.15, 0.2) is 4.77 Å². The van der Waals surface area contributed by atoms with Gasteiger partial charge in [-0.1, -0.05) is 6.07 Å². The number of aromatic nitrogens is 3. The summed E-state index contributed by atoms with van der Waals surface area (Å²) in [4.78, 5) is 7.30. The van der Waals surface area contributed by atoms with Crippen molar-refractivity contribution in [2.75, 3.05) is 0 Å². The smallest absolute Gasteiger partial charge is 0.178 e. The first-order valence-electron chi connectivity index (χ1n) is 6.32. The first-order valence-corrected chi connectivity index (χ1v) is 6.73. The molecule has 0 fully saturated rings. The Bertz CT molecular complexity index is 756. The minimum absolute atomic E-state index is 0.787. The first kappa shape index (κ1) is 12.1. The maximum Gasteiger partial charge on any atom is 0.178 e. The summed E-state index contributed by atoms with van der Waals surface area (Å²) in [6, 6.07) is 10.5. The molecule has 0 bridgehead atoms. The van der Waals surface area contributed by atoms with E-state index in [0.29, 0.717) is 0 Å². The minimum atomic E-state index is 0.787. The van der Waals surface area contributed by atoms with Gasteiger partial charge in [-0.3, -0.25) is 4.98 Å². The molecule has 0 aliphatic rings. The van der Waals surface area contributed by atoms with E-state index in [4.69, 9.17) is 12.2 Å². The Kier molecular flexibility index (Phi) is 3.17. The molecule has 0 amide bonds. The van der Waals surface area contributed by atoms with E-state index in [1.165, 1.54) is 16.6 Å². The average Bonchev–Trinajstić information content (AvgIpc) is 2.72. The van der Waals surface area contributed by atoms with E-state index in [1.807, 2.05) is 24.5 Å². The molecule has 0 spiro atoms. The third-order valence-corrected chi connectivity index (χ3v) is 3.63. The Labute approximate surface area is 116 Å². The molecular formula is C15H15N3S. The Morgan fingerprint density at radius 2 is 2.00 bits per heavy atom. The molecule has 19 heavy (non-hydrogen) atoms. The molecule has 2 aromatic heterocycles. The molecule has 0 saturated heterocycles. The van der Waals surface area contributed by atoms with Gasteiger partial charge in [0.1, 0.15) is 0 Å². The molecule has 0 unspecified atom stereocenters. The van der Waals surface area contributed by atoms with Crippen LogP contribution in [0.25, 0.3) is 11.0 Å². The number of fused-ring (bicyclic) bond motifs is 1. The van der Waals surface area contributed by atoms with Gasteiger partial charge in [0.05, 0.1) is 11.0 Å². The van der Waals surface area contributed by atoms with Crippen molar-refractivity contribution in [3.63, 3.8) is 0 Å². The van der Waals surface area contributed by atoms with E-state index >= 15 is 0 Å². The van der Waals surface area contributed by atoms with Crippen molar-refractivity contribution in [1.29, 1.82) is 0 Å². The summed E-state index contributed by atoms with van der Waals surface area (Å²) in [6.07, 6.45) is 4.61. The van der Waals surface area contributed by atoms with Crippen LogP contribution in [0.2, 0.25) is 0 Å². The number of hydrogen-bond donors (Lipinski definition) is 1. The van der Waals surface area contributed by atoms with Crippen LogP contribution in [0, 0.1) is 11.7 Å². The third kappa shape index (κ3) is 2.44. The molecule has 96 valence electrons. The predicted octanol–water partition coefficient (Wildman–Crippen LogP) is 3.65. The second-order valence-electron chi connectivity index (χ2n) is 4.71. The number of aromatic amines is 1. The number of nitrogens with zero attached hydrogens (tertiary/aromatic N) is 2. The monoisotopic (exact) mass is 269 g/mol. The van der Waals surface area contributed by atoms with Gasteiger partial charge in [-0.15, -0.1) is 0 Å². The van der Waals surface area contributed by atoms with Crippen molar-refractivity contribution >= 4 is 23.3 Å². The highest BCUT2D eigenvalue weighted by atomic mass is 32.1.